The van der Waals surface area contributed by atoms with Gasteiger partial charge in [0.15, 0.2) is 5.13 Å². The van der Waals surface area contributed by atoms with E-state index in [0.717, 1.165) is 15.7 Å². The molecule has 0 spiro atoms. The van der Waals surface area contributed by atoms with E-state index >= 15 is 0 Å². The van der Waals surface area contributed by atoms with Crippen LogP contribution in [0, 0.1) is 0 Å². The van der Waals surface area contributed by atoms with Gasteiger partial charge in [0.05, 0.1) is 10.2 Å². The lowest BCUT2D eigenvalue weighted by atomic mass is 10.1. The highest BCUT2D eigenvalue weighted by atomic mass is 35.5. The van der Waals surface area contributed by atoms with Crippen LogP contribution < -0.4 is 5.32 Å². The van der Waals surface area contributed by atoms with Gasteiger partial charge in [0, 0.05) is 24.2 Å². The molecule has 1 N–H and O–H groups in total. The Balaban J connectivity index is 1.62. The lowest BCUT2D eigenvalue weighted by Gasteiger charge is -2.31. The average Bonchev–Trinajstić information content (AvgIpc) is 2.82. The molecular formula is C15H20ClN3S. The van der Waals surface area contributed by atoms with Crippen LogP contribution in [0.15, 0.2) is 18.2 Å². The molecule has 0 atom stereocenters. The normalized spacial score (nSPS) is 17.7. The SMILES string of the molecule is CCCN1CCC(Nc2nc3cc(Cl)ccc3s2)CC1. The summed E-state index contributed by atoms with van der Waals surface area (Å²) in [6, 6.07) is 6.46. The van der Waals surface area contributed by atoms with Gasteiger partial charge in [-0.1, -0.05) is 29.9 Å². The van der Waals surface area contributed by atoms with Crippen LogP contribution in [0.4, 0.5) is 5.13 Å². The number of rotatable bonds is 4. The molecule has 1 aromatic heterocycles. The zero-order valence-corrected chi connectivity index (χ0v) is 13.3. The van der Waals surface area contributed by atoms with Crippen molar-refractivity contribution in [2.45, 2.75) is 32.2 Å². The van der Waals surface area contributed by atoms with Crippen LogP contribution in [-0.4, -0.2) is 35.6 Å². The van der Waals surface area contributed by atoms with Crippen LogP contribution in [0.2, 0.25) is 5.02 Å². The van der Waals surface area contributed by atoms with Gasteiger partial charge < -0.3 is 10.2 Å². The smallest absolute Gasteiger partial charge is 0.184 e. The monoisotopic (exact) mass is 309 g/mol. The molecule has 2 heterocycles. The van der Waals surface area contributed by atoms with Gasteiger partial charge in [-0.2, -0.15) is 0 Å². The number of halogens is 1. The van der Waals surface area contributed by atoms with E-state index in [4.69, 9.17) is 11.6 Å². The number of likely N-dealkylation sites (tertiary alicyclic amines) is 1. The van der Waals surface area contributed by atoms with Gasteiger partial charge in [0.2, 0.25) is 0 Å². The fourth-order valence-corrected chi connectivity index (χ4v) is 3.84. The van der Waals surface area contributed by atoms with Gasteiger partial charge in [-0.3, -0.25) is 0 Å². The summed E-state index contributed by atoms with van der Waals surface area (Å²) in [6.07, 6.45) is 3.66. The Labute approximate surface area is 128 Å². The standard InChI is InChI=1S/C15H20ClN3S/c1-2-7-19-8-5-12(6-9-19)17-15-18-13-10-11(16)3-4-14(13)20-15/h3-4,10,12H,2,5-9H2,1H3,(H,17,18). The van der Waals surface area contributed by atoms with E-state index in [0.29, 0.717) is 6.04 Å². The highest BCUT2D eigenvalue weighted by Gasteiger charge is 2.19. The van der Waals surface area contributed by atoms with Gasteiger partial charge >= 0.3 is 0 Å². The van der Waals surface area contributed by atoms with Gasteiger partial charge in [-0.25, -0.2) is 4.98 Å². The van der Waals surface area contributed by atoms with Crippen molar-refractivity contribution in [3.05, 3.63) is 23.2 Å². The maximum Gasteiger partial charge on any atom is 0.184 e. The summed E-state index contributed by atoms with van der Waals surface area (Å²) in [7, 11) is 0. The maximum atomic E-state index is 6.00. The molecule has 108 valence electrons. The highest BCUT2D eigenvalue weighted by molar-refractivity contribution is 7.22. The number of nitrogens with zero attached hydrogens (tertiary/aromatic N) is 2. The Hall–Kier alpha value is -0.840. The van der Waals surface area contributed by atoms with E-state index in [2.05, 4.69) is 22.1 Å². The summed E-state index contributed by atoms with van der Waals surface area (Å²) in [5, 5.41) is 5.37. The molecule has 1 saturated heterocycles. The van der Waals surface area contributed by atoms with Crippen LogP contribution >= 0.6 is 22.9 Å². The summed E-state index contributed by atoms with van der Waals surface area (Å²) in [5.41, 5.74) is 0.994. The topological polar surface area (TPSA) is 28.2 Å². The Morgan fingerprint density at radius 3 is 2.95 bits per heavy atom. The zero-order valence-electron chi connectivity index (χ0n) is 11.7. The first-order valence-electron chi connectivity index (χ1n) is 7.29. The van der Waals surface area contributed by atoms with Crippen molar-refractivity contribution in [1.29, 1.82) is 0 Å². The van der Waals surface area contributed by atoms with Crippen LogP contribution in [0.3, 0.4) is 0 Å². The second-order valence-corrected chi connectivity index (χ2v) is 6.86. The number of hydrogen-bond acceptors (Lipinski definition) is 4. The molecule has 0 radical (unpaired) electrons. The number of fused-ring (bicyclic) bond motifs is 1. The van der Waals surface area contributed by atoms with E-state index in [1.165, 1.54) is 43.6 Å². The van der Waals surface area contributed by atoms with Crippen molar-refractivity contribution in [3.8, 4) is 0 Å². The molecule has 3 rings (SSSR count). The maximum absolute atomic E-state index is 6.00. The minimum Gasteiger partial charge on any atom is -0.359 e. The van der Waals surface area contributed by atoms with Crippen LogP contribution in [-0.2, 0) is 0 Å². The van der Waals surface area contributed by atoms with Crippen molar-refractivity contribution in [3.63, 3.8) is 0 Å². The Morgan fingerprint density at radius 2 is 2.20 bits per heavy atom. The van der Waals surface area contributed by atoms with Crippen LogP contribution in [0.5, 0.6) is 0 Å². The lowest BCUT2D eigenvalue weighted by molar-refractivity contribution is 0.219. The summed E-state index contributed by atoms with van der Waals surface area (Å²) >= 11 is 7.72. The lowest BCUT2D eigenvalue weighted by Crippen LogP contribution is -2.39. The van der Waals surface area contributed by atoms with E-state index in [1.807, 2.05) is 18.2 Å². The first-order chi connectivity index (χ1) is 9.74. The number of thiazole rings is 1. The molecule has 3 nitrogen and oxygen atoms in total. The number of piperidine rings is 1. The first kappa shape index (κ1) is 14.1. The molecule has 1 aromatic carbocycles. The van der Waals surface area contributed by atoms with Crippen molar-refractivity contribution in [1.82, 2.24) is 9.88 Å². The molecule has 1 aliphatic heterocycles. The molecule has 1 fully saturated rings. The Morgan fingerprint density at radius 1 is 1.40 bits per heavy atom. The van der Waals surface area contributed by atoms with Gasteiger partial charge in [0.1, 0.15) is 0 Å². The molecule has 5 heteroatoms. The molecular weight excluding hydrogens is 290 g/mol. The molecule has 1 aliphatic rings. The van der Waals surface area contributed by atoms with Crippen molar-refractivity contribution < 1.29 is 0 Å². The van der Waals surface area contributed by atoms with Gasteiger partial charge in [0.25, 0.3) is 0 Å². The fraction of sp³-hybridized carbons (Fsp3) is 0.533. The molecule has 0 bridgehead atoms. The largest absolute Gasteiger partial charge is 0.359 e. The Kier molecular flexibility index (Phi) is 4.44. The molecule has 0 amide bonds. The predicted molar refractivity (Wildman–Crippen MR) is 88.0 cm³/mol. The number of anilines is 1. The van der Waals surface area contributed by atoms with Crippen LogP contribution in [0.1, 0.15) is 26.2 Å². The minimum absolute atomic E-state index is 0.555. The zero-order chi connectivity index (χ0) is 13.9. The van der Waals surface area contributed by atoms with Crippen molar-refractivity contribution >= 4 is 38.3 Å². The molecule has 0 unspecified atom stereocenters. The van der Waals surface area contributed by atoms with Crippen LogP contribution in [0.25, 0.3) is 10.2 Å². The summed E-state index contributed by atoms with van der Waals surface area (Å²) in [6.45, 7) is 5.87. The fourth-order valence-electron chi connectivity index (χ4n) is 2.75. The van der Waals surface area contributed by atoms with Gasteiger partial charge in [-0.15, -0.1) is 0 Å². The summed E-state index contributed by atoms with van der Waals surface area (Å²) < 4.78 is 1.19. The average molecular weight is 310 g/mol. The minimum atomic E-state index is 0.555. The number of benzene rings is 1. The number of aromatic nitrogens is 1. The third-order valence-corrected chi connectivity index (χ3v) is 5.01. The molecule has 2 aromatic rings. The highest BCUT2D eigenvalue weighted by Crippen LogP contribution is 2.29. The molecule has 0 aliphatic carbocycles. The van der Waals surface area contributed by atoms with Gasteiger partial charge in [-0.05, 0) is 44.0 Å². The third kappa shape index (κ3) is 3.25. The number of hydrogen-bond donors (Lipinski definition) is 1. The quantitative estimate of drug-likeness (QED) is 0.915. The van der Waals surface area contributed by atoms with Crippen molar-refractivity contribution in [2.75, 3.05) is 25.0 Å². The summed E-state index contributed by atoms with van der Waals surface area (Å²) in [4.78, 5) is 7.18. The summed E-state index contributed by atoms with van der Waals surface area (Å²) in [5.74, 6) is 0. The Bertz CT molecular complexity index is 576. The van der Waals surface area contributed by atoms with Crippen molar-refractivity contribution in [2.24, 2.45) is 0 Å². The second kappa shape index (κ2) is 6.29. The van der Waals surface area contributed by atoms with E-state index in [1.54, 1.807) is 11.3 Å². The first-order valence-corrected chi connectivity index (χ1v) is 8.49. The molecule has 20 heavy (non-hydrogen) atoms. The van der Waals surface area contributed by atoms with E-state index in [9.17, 15) is 0 Å². The second-order valence-electron chi connectivity index (χ2n) is 5.39. The third-order valence-electron chi connectivity index (χ3n) is 3.80. The van der Waals surface area contributed by atoms with E-state index < -0.39 is 0 Å². The number of nitrogens with one attached hydrogen (secondary N) is 1. The van der Waals surface area contributed by atoms with E-state index in [-0.39, 0.29) is 0 Å². The molecule has 0 saturated carbocycles. The predicted octanol–water partition coefficient (Wildman–Crippen LogP) is 4.24.